The van der Waals surface area contributed by atoms with E-state index >= 15 is 0 Å². The van der Waals surface area contributed by atoms with Crippen molar-refractivity contribution >= 4 is 0 Å². The number of aliphatic hydroxyl groups is 1. The minimum absolute atomic E-state index is 0.250. The maximum absolute atomic E-state index is 9.69. The van der Waals surface area contributed by atoms with E-state index in [0.717, 1.165) is 12.8 Å². The lowest BCUT2D eigenvalue weighted by Crippen LogP contribution is -2.09. The Balaban J connectivity index is 2.53. The fourth-order valence-electron chi connectivity index (χ4n) is 1.26. The zero-order valence-electron chi connectivity index (χ0n) is 7.49. The van der Waals surface area contributed by atoms with Gasteiger partial charge >= 0.3 is 0 Å². The van der Waals surface area contributed by atoms with Crippen molar-refractivity contribution in [2.24, 2.45) is 5.92 Å². The van der Waals surface area contributed by atoms with Gasteiger partial charge < -0.3 is 5.11 Å². The lowest BCUT2D eigenvalue weighted by molar-refractivity contribution is 0.108. The SMILES string of the molecule is CCCC(C)C(O)c1cn[nH]n1. The third kappa shape index (κ3) is 2.04. The zero-order chi connectivity index (χ0) is 8.97. The second-order valence-corrected chi connectivity index (χ2v) is 3.11. The Morgan fingerprint density at radius 3 is 2.92 bits per heavy atom. The number of nitrogens with one attached hydrogen (secondary N) is 1. The summed E-state index contributed by atoms with van der Waals surface area (Å²) < 4.78 is 0. The average molecular weight is 169 g/mol. The van der Waals surface area contributed by atoms with Crippen LogP contribution in [0, 0.1) is 5.92 Å². The maximum atomic E-state index is 9.69. The number of rotatable bonds is 4. The van der Waals surface area contributed by atoms with Gasteiger partial charge in [0.15, 0.2) is 0 Å². The highest BCUT2D eigenvalue weighted by Crippen LogP contribution is 2.22. The fourth-order valence-corrected chi connectivity index (χ4v) is 1.26. The molecule has 0 radical (unpaired) electrons. The highest BCUT2D eigenvalue weighted by Gasteiger charge is 2.17. The molecule has 1 rings (SSSR count). The third-order valence-corrected chi connectivity index (χ3v) is 2.02. The monoisotopic (exact) mass is 169 g/mol. The molecule has 0 aromatic carbocycles. The van der Waals surface area contributed by atoms with Crippen LogP contribution in [-0.4, -0.2) is 20.5 Å². The quantitative estimate of drug-likeness (QED) is 0.713. The molecule has 0 spiro atoms. The molecule has 0 saturated carbocycles. The molecule has 0 aliphatic carbocycles. The van der Waals surface area contributed by atoms with Crippen LogP contribution < -0.4 is 0 Å². The molecule has 1 aromatic rings. The van der Waals surface area contributed by atoms with E-state index in [1.807, 2.05) is 6.92 Å². The van der Waals surface area contributed by atoms with E-state index in [9.17, 15) is 5.11 Å². The number of hydrogen-bond acceptors (Lipinski definition) is 3. The van der Waals surface area contributed by atoms with Crippen LogP contribution in [0.2, 0.25) is 0 Å². The van der Waals surface area contributed by atoms with Crippen molar-refractivity contribution in [2.45, 2.75) is 32.8 Å². The van der Waals surface area contributed by atoms with Crippen LogP contribution in [0.4, 0.5) is 0 Å². The largest absolute Gasteiger partial charge is 0.386 e. The molecule has 0 aliphatic heterocycles. The predicted molar refractivity (Wildman–Crippen MR) is 45.4 cm³/mol. The van der Waals surface area contributed by atoms with E-state index in [1.165, 1.54) is 0 Å². The number of aromatic nitrogens is 3. The van der Waals surface area contributed by atoms with Crippen LogP contribution in [0.15, 0.2) is 6.20 Å². The second-order valence-electron chi connectivity index (χ2n) is 3.11. The first-order chi connectivity index (χ1) is 5.75. The molecule has 0 saturated heterocycles. The molecular weight excluding hydrogens is 154 g/mol. The Morgan fingerprint density at radius 1 is 1.67 bits per heavy atom. The van der Waals surface area contributed by atoms with E-state index in [2.05, 4.69) is 22.3 Å². The minimum Gasteiger partial charge on any atom is -0.386 e. The number of H-pyrrole nitrogens is 1. The molecule has 2 atom stereocenters. The summed E-state index contributed by atoms with van der Waals surface area (Å²) in [6.07, 6.45) is 3.17. The Bertz CT molecular complexity index is 210. The second kappa shape index (κ2) is 4.21. The van der Waals surface area contributed by atoms with Gasteiger partial charge in [0.05, 0.1) is 6.20 Å². The first-order valence-corrected chi connectivity index (χ1v) is 4.29. The standard InChI is InChI=1S/C8H15N3O/c1-3-4-6(2)8(12)7-5-9-11-10-7/h5-6,8,12H,3-4H2,1-2H3,(H,9,10,11). The smallest absolute Gasteiger partial charge is 0.111 e. The van der Waals surface area contributed by atoms with Crippen LogP contribution >= 0.6 is 0 Å². The molecule has 4 nitrogen and oxygen atoms in total. The number of aliphatic hydroxyl groups excluding tert-OH is 1. The van der Waals surface area contributed by atoms with Gasteiger partial charge in [-0.2, -0.15) is 15.4 Å². The van der Waals surface area contributed by atoms with Gasteiger partial charge in [0, 0.05) is 0 Å². The van der Waals surface area contributed by atoms with Gasteiger partial charge in [-0.3, -0.25) is 0 Å². The van der Waals surface area contributed by atoms with Crippen molar-refractivity contribution in [2.75, 3.05) is 0 Å². The summed E-state index contributed by atoms with van der Waals surface area (Å²) in [7, 11) is 0. The van der Waals surface area contributed by atoms with Crippen molar-refractivity contribution in [3.05, 3.63) is 11.9 Å². The minimum atomic E-state index is -0.483. The Kier molecular flexibility index (Phi) is 3.22. The predicted octanol–water partition coefficient (Wildman–Crippen LogP) is 1.27. The summed E-state index contributed by atoms with van der Waals surface area (Å²) in [5.41, 5.74) is 0.635. The number of aromatic amines is 1. The Morgan fingerprint density at radius 2 is 2.42 bits per heavy atom. The summed E-state index contributed by atoms with van der Waals surface area (Å²) in [5.74, 6) is 0.250. The van der Waals surface area contributed by atoms with Crippen molar-refractivity contribution in [1.82, 2.24) is 15.4 Å². The van der Waals surface area contributed by atoms with E-state index < -0.39 is 6.10 Å². The summed E-state index contributed by atoms with van der Waals surface area (Å²) in [5, 5.41) is 19.7. The van der Waals surface area contributed by atoms with Gasteiger partial charge in [0.25, 0.3) is 0 Å². The zero-order valence-corrected chi connectivity index (χ0v) is 7.49. The van der Waals surface area contributed by atoms with E-state index in [-0.39, 0.29) is 5.92 Å². The number of hydrogen-bond donors (Lipinski definition) is 2. The van der Waals surface area contributed by atoms with Crippen molar-refractivity contribution in [3.63, 3.8) is 0 Å². The lowest BCUT2D eigenvalue weighted by Gasteiger charge is -2.14. The molecule has 1 heterocycles. The number of nitrogens with zero attached hydrogens (tertiary/aromatic N) is 2. The molecule has 4 heteroatoms. The van der Waals surface area contributed by atoms with Gasteiger partial charge in [-0.05, 0) is 12.3 Å². The molecular formula is C8H15N3O. The highest BCUT2D eigenvalue weighted by atomic mass is 16.3. The molecule has 1 aromatic heterocycles. The Hall–Kier alpha value is -0.900. The molecule has 2 unspecified atom stereocenters. The first-order valence-electron chi connectivity index (χ1n) is 4.29. The van der Waals surface area contributed by atoms with E-state index in [0.29, 0.717) is 5.69 Å². The van der Waals surface area contributed by atoms with Gasteiger partial charge in [-0.1, -0.05) is 20.3 Å². The third-order valence-electron chi connectivity index (χ3n) is 2.02. The molecule has 0 amide bonds. The fraction of sp³-hybridized carbons (Fsp3) is 0.750. The molecule has 0 aliphatic rings. The van der Waals surface area contributed by atoms with Gasteiger partial charge in [-0.15, -0.1) is 0 Å². The summed E-state index contributed by atoms with van der Waals surface area (Å²) in [6.45, 7) is 4.12. The molecule has 68 valence electrons. The van der Waals surface area contributed by atoms with Crippen molar-refractivity contribution < 1.29 is 5.11 Å². The lowest BCUT2D eigenvalue weighted by atomic mass is 9.98. The summed E-state index contributed by atoms with van der Waals surface area (Å²) in [6, 6.07) is 0. The van der Waals surface area contributed by atoms with Crippen molar-refractivity contribution in [1.29, 1.82) is 0 Å². The molecule has 0 bridgehead atoms. The van der Waals surface area contributed by atoms with Crippen LogP contribution in [-0.2, 0) is 0 Å². The molecule has 2 N–H and O–H groups in total. The molecule has 12 heavy (non-hydrogen) atoms. The topological polar surface area (TPSA) is 61.8 Å². The normalized spacial score (nSPS) is 15.9. The van der Waals surface area contributed by atoms with E-state index in [1.54, 1.807) is 6.20 Å². The van der Waals surface area contributed by atoms with Crippen molar-refractivity contribution in [3.8, 4) is 0 Å². The molecule has 0 fully saturated rings. The highest BCUT2D eigenvalue weighted by molar-refractivity contribution is 4.97. The van der Waals surface area contributed by atoms with E-state index in [4.69, 9.17) is 0 Å². The summed E-state index contributed by atoms with van der Waals surface area (Å²) in [4.78, 5) is 0. The average Bonchev–Trinajstić information content (AvgIpc) is 2.55. The van der Waals surface area contributed by atoms with Crippen LogP contribution in [0.25, 0.3) is 0 Å². The Labute approximate surface area is 72.0 Å². The first kappa shape index (κ1) is 9.19. The van der Waals surface area contributed by atoms with Crippen LogP contribution in [0.5, 0.6) is 0 Å². The van der Waals surface area contributed by atoms with Gasteiger partial charge in [0.1, 0.15) is 11.8 Å². The summed E-state index contributed by atoms with van der Waals surface area (Å²) >= 11 is 0. The maximum Gasteiger partial charge on any atom is 0.111 e. The van der Waals surface area contributed by atoms with Crippen LogP contribution in [0.1, 0.15) is 38.5 Å². The van der Waals surface area contributed by atoms with Gasteiger partial charge in [0.2, 0.25) is 0 Å². The van der Waals surface area contributed by atoms with Gasteiger partial charge in [-0.25, -0.2) is 0 Å². The van der Waals surface area contributed by atoms with Crippen LogP contribution in [0.3, 0.4) is 0 Å².